The fraction of sp³-hybridized carbons (Fsp3) is 0.300. The van der Waals surface area contributed by atoms with Gasteiger partial charge in [-0.1, -0.05) is 12.1 Å². The number of fused-ring (bicyclic) bond motifs is 1. The van der Waals surface area contributed by atoms with Crippen LogP contribution in [0.4, 0.5) is 0 Å². The summed E-state index contributed by atoms with van der Waals surface area (Å²) in [7, 11) is 0. The summed E-state index contributed by atoms with van der Waals surface area (Å²) in [5.74, 6) is -0.625. The van der Waals surface area contributed by atoms with Crippen LogP contribution >= 0.6 is 0 Å². The second-order valence-corrected chi connectivity index (χ2v) is 7.28. The molecular weight excluding hydrogens is 336 g/mol. The van der Waals surface area contributed by atoms with Crippen LogP contribution in [0.5, 0.6) is 23.0 Å². The minimum atomic E-state index is -0.712. The van der Waals surface area contributed by atoms with E-state index in [4.69, 9.17) is 9.47 Å². The molecule has 0 aromatic heterocycles. The van der Waals surface area contributed by atoms with Gasteiger partial charge < -0.3 is 19.7 Å². The summed E-state index contributed by atoms with van der Waals surface area (Å²) < 4.78 is 11.2. The van der Waals surface area contributed by atoms with Gasteiger partial charge in [-0.05, 0) is 38.5 Å². The maximum absolute atomic E-state index is 12.5. The van der Waals surface area contributed by atoms with Crippen LogP contribution < -0.4 is 9.47 Å². The maximum atomic E-state index is 12.5. The number of hydrogen-bond donors (Lipinski definition) is 2. The Kier molecular flexibility index (Phi) is 4.36. The van der Waals surface area contributed by atoms with Gasteiger partial charge in [0.1, 0.15) is 34.7 Å². The number of aromatic hydroxyl groups is 2. The molecule has 1 atom stereocenters. The molecule has 2 N–H and O–H groups in total. The van der Waals surface area contributed by atoms with Gasteiger partial charge in [-0.15, -0.1) is 0 Å². The molecule has 6 nitrogen and oxygen atoms in total. The summed E-state index contributed by atoms with van der Waals surface area (Å²) in [6.45, 7) is 5.15. The van der Waals surface area contributed by atoms with Crippen molar-refractivity contribution in [2.24, 2.45) is 5.41 Å². The van der Waals surface area contributed by atoms with Gasteiger partial charge in [-0.25, -0.2) is 0 Å². The number of ketones is 1. The highest BCUT2D eigenvalue weighted by Gasteiger charge is 2.32. The van der Waals surface area contributed by atoms with E-state index in [-0.39, 0.29) is 40.8 Å². The van der Waals surface area contributed by atoms with Crippen molar-refractivity contribution in [2.75, 3.05) is 0 Å². The summed E-state index contributed by atoms with van der Waals surface area (Å²) in [6, 6.07) is 9.03. The minimum Gasteiger partial charge on any atom is -0.508 e. The van der Waals surface area contributed by atoms with Crippen molar-refractivity contribution in [1.29, 1.82) is 0 Å². The van der Waals surface area contributed by atoms with E-state index in [1.807, 2.05) is 0 Å². The van der Waals surface area contributed by atoms with E-state index in [0.29, 0.717) is 0 Å². The monoisotopic (exact) mass is 356 g/mol. The van der Waals surface area contributed by atoms with E-state index in [2.05, 4.69) is 0 Å². The van der Waals surface area contributed by atoms with Crippen molar-refractivity contribution in [3.05, 3.63) is 47.5 Å². The van der Waals surface area contributed by atoms with Crippen LogP contribution in [-0.4, -0.2) is 22.0 Å². The zero-order valence-corrected chi connectivity index (χ0v) is 14.8. The Morgan fingerprint density at radius 1 is 1.15 bits per heavy atom. The van der Waals surface area contributed by atoms with E-state index in [9.17, 15) is 19.8 Å². The molecular formula is C20H20O6. The Hall–Kier alpha value is -3.02. The van der Waals surface area contributed by atoms with E-state index in [1.54, 1.807) is 32.9 Å². The molecule has 0 aliphatic carbocycles. The smallest absolute Gasteiger partial charge is 0.316 e. The Bertz CT molecular complexity index is 861. The normalized spacial score (nSPS) is 16.6. The first-order valence-electron chi connectivity index (χ1n) is 8.23. The zero-order valence-electron chi connectivity index (χ0n) is 14.8. The van der Waals surface area contributed by atoms with Crippen molar-refractivity contribution in [3.63, 3.8) is 0 Å². The molecule has 6 heteroatoms. The van der Waals surface area contributed by atoms with Crippen molar-refractivity contribution in [2.45, 2.75) is 33.3 Å². The number of phenols is 2. The molecule has 0 saturated heterocycles. The Balaban J connectivity index is 1.92. The molecule has 0 fully saturated rings. The molecule has 26 heavy (non-hydrogen) atoms. The number of hydrogen-bond acceptors (Lipinski definition) is 6. The summed E-state index contributed by atoms with van der Waals surface area (Å²) >= 11 is 0. The maximum Gasteiger partial charge on any atom is 0.316 e. The van der Waals surface area contributed by atoms with Gasteiger partial charge in [-0.2, -0.15) is 0 Å². The van der Waals surface area contributed by atoms with Crippen molar-refractivity contribution in [1.82, 2.24) is 0 Å². The number of ether oxygens (including phenoxy) is 2. The molecule has 3 rings (SSSR count). The van der Waals surface area contributed by atoms with Crippen molar-refractivity contribution >= 4 is 11.8 Å². The lowest BCUT2D eigenvalue weighted by atomic mass is 9.95. The van der Waals surface area contributed by atoms with E-state index in [0.717, 1.165) is 5.56 Å². The lowest BCUT2D eigenvalue weighted by Gasteiger charge is -2.26. The molecule has 1 aliphatic heterocycles. The largest absolute Gasteiger partial charge is 0.508 e. The lowest BCUT2D eigenvalue weighted by Crippen LogP contribution is -2.26. The zero-order chi connectivity index (χ0) is 19.1. The molecule has 0 spiro atoms. The molecule has 1 aliphatic rings. The van der Waals surface area contributed by atoms with Crippen LogP contribution in [0.2, 0.25) is 0 Å². The fourth-order valence-corrected chi connectivity index (χ4v) is 2.61. The number of carbonyl (C=O) groups excluding carboxylic acids is 2. The topological polar surface area (TPSA) is 93.1 Å². The molecule has 0 saturated carbocycles. The number of esters is 1. The first kappa shape index (κ1) is 17.8. The van der Waals surface area contributed by atoms with Crippen molar-refractivity contribution in [3.8, 4) is 23.0 Å². The van der Waals surface area contributed by atoms with Crippen LogP contribution in [0.3, 0.4) is 0 Å². The molecule has 0 radical (unpaired) electrons. The number of phenolic OH excluding ortho intramolecular Hbond substituents is 2. The third-order valence-corrected chi connectivity index (χ3v) is 4.06. The highest BCUT2D eigenvalue weighted by atomic mass is 16.5. The number of benzene rings is 2. The summed E-state index contributed by atoms with van der Waals surface area (Å²) in [6.07, 6.45) is -0.490. The van der Waals surface area contributed by atoms with Gasteiger partial charge in [0, 0.05) is 12.1 Å². The molecule has 136 valence electrons. The highest BCUT2D eigenvalue weighted by molar-refractivity contribution is 6.02. The van der Waals surface area contributed by atoms with E-state index >= 15 is 0 Å². The fourth-order valence-electron chi connectivity index (χ4n) is 2.61. The average Bonchev–Trinajstić information content (AvgIpc) is 2.53. The second-order valence-electron chi connectivity index (χ2n) is 7.28. The quantitative estimate of drug-likeness (QED) is 0.629. The molecule has 1 unspecified atom stereocenters. The number of carbonyl (C=O) groups is 2. The van der Waals surface area contributed by atoms with E-state index < -0.39 is 17.5 Å². The average molecular weight is 356 g/mol. The molecule has 0 amide bonds. The first-order chi connectivity index (χ1) is 12.1. The van der Waals surface area contributed by atoms with Crippen LogP contribution in [0, 0.1) is 5.41 Å². The number of rotatable bonds is 2. The van der Waals surface area contributed by atoms with Crippen LogP contribution in [0.1, 0.15) is 49.2 Å². The predicted octanol–water partition coefficient (Wildman–Crippen LogP) is 3.76. The van der Waals surface area contributed by atoms with Gasteiger partial charge in [-0.3, -0.25) is 9.59 Å². The summed E-state index contributed by atoms with van der Waals surface area (Å²) in [4.78, 5) is 24.5. The van der Waals surface area contributed by atoms with Gasteiger partial charge in [0.15, 0.2) is 5.78 Å². The third kappa shape index (κ3) is 3.49. The van der Waals surface area contributed by atoms with Gasteiger partial charge >= 0.3 is 5.97 Å². The molecule has 2 aromatic carbocycles. The Morgan fingerprint density at radius 2 is 1.81 bits per heavy atom. The van der Waals surface area contributed by atoms with E-state index in [1.165, 1.54) is 24.3 Å². The summed E-state index contributed by atoms with van der Waals surface area (Å²) in [5, 5.41) is 19.6. The molecule has 2 aromatic rings. The highest BCUT2D eigenvalue weighted by Crippen LogP contribution is 2.42. The molecule has 1 heterocycles. The number of Topliss-reactive ketones (excluding diaryl/α,β-unsaturated/α-hetero) is 1. The SMILES string of the molecule is CC(C)(C)C(=O)Oc1cc(O)c2c(c1)OC(c1ccc(O)cc1)CC2=O. The van der Waals surface area contributed by atoms with Gasteiger partial charge in [0.2, 0.25) is 0 Å². The van der Waals surface area contributed by atoms with Crippen LogP contribution in [0.15, 0.2) is 36.4 Å². The molecule has 0 bridgehead atoms. The minimum absolute atomic E-state index is 0.0620. The van der Waals surface area contributed by atoms with Crippen LogP contribution in [0.25, 0.3) is 0 Å². The second kappa shape index (κ2) is 6.37. The van der Waals surface area contributed by atoms with Crippen LogP contribution in [-0.2, 0) is 4.79 Å². The Morgan fingerprint density at radius 3 is 2.42 bits per heavy atom. The van der Waals surface area contributed by atoms with Crippen molar-refractivity contribution < 1.29 is 29.3 Å². The van der Waals surface area contributed by atoms with Gasteiger partial charge in [0.25, 0.3) is 0 Å². The predicted molar refractivity (Wildman–Crippen MR) is 93.6 cm³/mol. The third-order valence-electron chi connectivity index (χ3n) is 4.06. The summed E-state index contributed by atoms with van der Waals surface area (Å²) in [5.41, 5.74) is 0.0884. The Labute approximate surface area is 151 Å². The first-order valence-corrected chi connectivity index (χ1v) is 8.23. The standard InChI is InChI=1S/C20H20O6/c1-20(2,3)19(24)25-13-8-14(22)18-15(23)10-16(26-17(18)9-13)11-4-6-12(21)7-5-11/h4-9,16,21-22H,10H2,1-3H3. The van der Waals surface area contributed by atoms with Gasteiger partial charge in [0.05, 0.1) is 11.8 Å². The lowest BCUT2D eigenvalue weighted by molar-refractivity contribution is -0.143.